The molecule has 1 heterocycles. The van der Waals surface area contributed by atoms with E-state index in [0.29, 0.717) is 5.92 Å². The van der Waals surface area contributed by atoms with Crippen molar-refractivity contribution in [1.29, 1.82) is 0 Å². The van der Waals surface area contributed by atoms with E-state index >= 15 is 0 Å². The average Bonchev–Trinajstić information content (AvgIpc) is 2.30. The number of piperidine rings is 1. The van der Waals surface area contributed by atoms with Crippen LogP contribution in [0.25, 0.3) is 0 Å². The Hall–Kier alpha value is -0.280. The molecule has 2 rings (SSSR count). The Morgan fingerprint density at radius 2 is 1.83 bits per heavy atom. The number of hydrogen-bond donors (Lipinski definition) is 2. The van der Waals surface area contributed by atoms with Gasteiger partial charge in [-0.2, -0.15) is 0 Å². The first-order valence-corrected chi connectivity index (χ1v) is 7.20. The van der Waals surface area contributed by atoms with E-state index in [-0.39, 0.29) is 23.9 Å². The third-order valence-electron chi connectivity index (χ3n) is 4.33. The molecule has 106 valence electrons. The molecule has 0 radical (unpaired) electrons. The third kappa shape index (κ3) is 4.77. The summed E-state index contributed by atoms with van der Waals surface area (Å²) in [4.78, 5) is 12.1. The van der Waals surface area contributed by atoms with E-state index < -0.39 is 0 Å². The molecule has 2 N–H and O–H groups in total. The van der Waals surface area contributed by atoms with Crippen molar-refractivity contribution in [1.82, 2.24) is 10.6 Å². The van der Waals surface area contributed by atoms with Gasteiger partial charge in [0.05, 0.1) is 0 Å². The fourth-order valence-corrected chi connectivity index (χ4v) is 3.19. The van der Waals surface area contributed by atoms with E-state index in [9.17, 15) is 4.79 Å². The molecule has 1 amide bonds. The highest BCUT2D eigenvalue weighted by molar-refractivity contribution is 5.85. The van der Waals surface area contributed by atoms with E-state index in [1.54, 1.807) is 0 Å². The molecule has 0 spiro atoms. The Morgan fingerprint density at radius 1 is 1.22 bits per heavy atom. The standard InChI is InChI=1S/C14H26N2O.ClH/c1-14(7-3-2-4-8-14)16-13(17)11-12-5-9-15-10-6-12;/h12,15H,2-11H2,1H3,(H,16,17);1H. The molecule has 2 fully saturated rings. The maximum atomic E-state index is 12.1. The molecule has 1 saturated heterocycles. The Bertz CT molecular complexity index is 259. The summed E-state index contributed by atoms with van der Waals surface area (Å²) < 4.78 is 0. The van der Waals surface area contributed by atoms with Crippen LogP contribution in [0.15, 0.2) is 0 Å². The zero-order valence-electron chi connectivity index (χ0n) is 11.5. The van der Waals surface area contributed by atoms with Crippen molar-refractivity contribution < 1.29 is 4.79 Å². The molecule has 2 aliphatic rings. The van der Waals surface area contributed by atoms with E-state index in [0.717, 1.165) is 45.2 Å². The van der Waals surface area contributed by atoms with Crippen LogP contribution in [0, 0.1) is 5.92 Å². The monoisotopic (exact) mass is 274 g/mol. The predicted octanol–water partition coefficient (Wildman–Crippen LogP) is 2.64. The van der Waals surface area contributed by atoms with E-state index in [1.807, 2.05) is 0 Å². The average molecular weight is 275 g/mol. The van der Waals surface area contributed by atoms with Crippen molar-refractivity contribution >= 4 is 18.3 Å². The van der Waals surface area contributed by atoms with Crippen LogP contribution in [0.3, 0.4) is 0 Å². The number of hydrogen-bond acceptors (Lipinski definition) is 2. The van der Waals surface area contributed by atoms with Gasteiger partial charge in [0.2, 0.25) is 5.91 Å². The summed E-state index contributed by atoms with van der Waals surface area (Å²) in [5.41, 5.74) is 0.0856. The summed E-state index contributed by atoms with van der Waals surface area (Å²) in [6.07, 6.45) is 9.23. The Labute approximate surface area is 117 Å². The van der Waals surface area contributed by atoms with Crippen molar-refractivity contribution in [3.05, 3.63) is 0 Å². The van der Waals surface area contributed by atoms with Crippen molar-refractivity contribution in [2.45, 2.75) is 63.8 Å². The molecular weight excluding hydrogens is 248 g/mol. The number of nitrogens with one attached hydrogen (secondary N) is 2. The van der Waals surface area contributed by atoms with E-state index in [2.05, 4.69) is 17.6 Å². The first kappa shape index (κ1) is 15.8. The predicted molar refractivity (Wildman–Crippen MR) is 77.1 cm³/mol. The van der Waals surface area contributed by atoms with Gasteiger partial charge in [0.15, 0.2) is 0 Å². The van der Waals surface area contributed by atoms with E-state index in [1.165, 1.54) is 19.3 Å². The summed E-state index contributed by atoms with van der Waals surface area (Å²) in [6, 6.07) is 0. The second-order valence-corrected chi connectivity index (χ2v) is 6.07. The van der Waals surface area contributed by atoms with Gasteiger partial charge in [-0.3, -0.25) is 4.79 Å². The molecule has 1 aliphatic heterocycles. The van der Waals surface area contributed by atoms with Gasteiger partial charge in [-0.1, -0.05) is 19.3 Å². The lowest BCUT2D eigenvalue weighted by Gasteiger charge is -2.35. The Morgan fingerprint density at radius 3 is 2.44 bits per heavy atom. The van der Waals surface area contributed by atoms with Crippen LogP contribution < -0.4 is 10.6 Å². The number of amides is 1. The highest BCUT2D eigenvalue weighted by Crippen LogP contribution is 2.28. The second kappa shape index (κ2) is 7.34. The third-order valence-corrected chi connectivity index (χ3v) is 4.33. The lowest BCUT2D eigenvalue weighted by atomic mass is 9.83. The number of carbonyl (C=O) groups excluding carboxylic acids is 1. The topological polar surface area (TPSA) is 41.1 Å². The Balaban J connectivity index is 0.00000162. The number of carbonyl (C=O) groups is 1. The minimum Gasteiger partial charge on any atom is -0.351 e. The van der Waals surface area contributed by atoms with Crippen LogP contribution in [-0.2, 0) is 4.79 Å². The zero-order chi connectivity index (χ0) is 12.1. The normalized spacial score (nSPS) is 24.1. The zero-order valence-corrected chi connectivity index (χ0v) is 12.3. The summed E-state index contributed by atoms with van der Waals surface area (Å²) in [5, 5.41) is 6.63. The maximum Gasteiger partial charge on any atom is 0.220 e. The minimum absolute atomic E-state index is 0. The van der Waals surface area contributed by atoms with Gasteiger partial charge >= 0.3 is 0 Å². The molecule has 0 aromatic rings. The fourth-order valence-electron chi connectivity index (χ4n) is 3.19. The number of halogens is 1. The molecule has 18 heavy (non-hydrogen) atoms. The van der Waals surface area contributed by atoms with Crippen LogP contribution in [0.4, 0.5) is 0 Å². The molecule has 0 atom stereocenters. The molecular formula is C14H27ClN2O. The molecule has 1 saturated carbocycles. The van der Waals surface area contributed by atoms with Crippen molar-refractivity contribution in [2.24, 2.45) is 5.92 Å². The van der Waals surface area contributed by atoms with Gasteiger partial charge < -0.3 is 10.6 Å². The largest absolute Gasteiger partial charge is 0.351 e. The highest BCUT2D eigenvalue weighted by Gasteiger charge is 2.29. The van der Waals surface area contributed by atoms with Crippen LogP contribution >= 0.6 is 12.4 Å². The van der Waals surface area contributed by atoms with Gasteiger partial charge in [-0.15, -0.1) is 12.4 Å². The first-order chi connectivity index (χ1) is 8.18. The van der Waals surface area contributed by atoms with Crippen molar-refractivity contribution in [2.75, 3.05) is 13.1 Å². The van der Waals surface area contributed by atoms with Crippen molar-refractivity contribution in [3.63, 3.8) is 0 Å². The van der Waals surface area contributed by atoms with Gasteiger partial charge in [-0.25, -0.2) is 0 Å². The van der Waals surface area contributed by atoms with Crippen LogP contribution in [0.2, 0.25) is 0 Å². The summed E-state index contributed by atoms with van der Waals surface area (Å²) in [7, 11) is 0. The summed E-state index contributed by atoms with van der Waals surface area (Å²) in [5.74, 6) is 0.879. The van der Waals surface area contributed by atoms with Gasteiger partial charge in [-0.05, 0) is 51.6 Å². The van der Waals surface area contributed by atoms with Crippen LogP contribution in [0.1, 0.15) is 58.3 Å². The molecule has 0 aromatic heterocycles. The Kier molecular flexibility index (Phi) is 6.44. The molecule has 1 aliphatic carbocycles. The summed E-state index contributed by atoms with van der Waals surface area (Å²) in [6.45, 7) is 4.37. The van der Waals surface area contributed by atoms with Crippen molar-refractivity contribution in [3.8, 4) is 0 Å². The lowest BCUT2D eigenvalue weighted by Crippen LogP contribution is -2.48. The molecule has 0 unspecified atom stereocenters. The quantitative estimate of drug-likeness (QED) is 0.831. The second-order valence-electron chi connectivity index (χ2n) is 6.07. The smallest absolute Gasteiger partial charge is 0.220 e. The fraction of sp³-hybridized carbons (Fsp3) is 0.929. The number of rotatable bonds is 3. The van der Waals surface area contributed by atoms with Gasteiger partial charge in [0.1, 0.15) is 0 Å². The van der Waals surface area contributed by atoms with Gasteiger partial charge in [0.25, 0.3) is 0 Å². The minimum atomic E-state index is 0. The van der Waals surface area contributed by atoms with Crippen LogP contribution in [0.5, 0.6) is 0 Å². The van der Waals surface area contributed by atoms with E-state index in [4.69, 9.17) is 0 Å². The molecule has 3 nitrogen and oxygen atoms in total. The summed E-state index contributed by atoms with van der Waals surface area (Å²) >= 11 is 0. The van der Waals surface area contributed by atoms with Gasteiger partial charge in [0, 0.05) is 12.0 Å². The SMILES string of the molecule is CC1(NC(=O)CC2CCNCC2)CCCCC1.Cl. The first-order valence-electron chi connectivity index (χ1n) is 7.20. The molecule has 4 heteroatoms. The lowest BCUT2D eigenvalue weighted by molar-refractivity contribution is -0.124. The molecule has 0 aromatic carbocycles. The van der Waals surface area contributed by atoms with Crippen LogP contribution in [-0.4, -0.2) is 24.5 Å². The molecule has 0 bridgehead atoms. The maximum absolute atomic E-state index is 12.1. The highest BCUT2D eigenvalue weighted by atomic mass is 35.5.